The fourth-order valence-corrected chi connectivity index (χ4v) is 12.4. The minimum absolute atomic E-state index is 0.00700. The highest BCUT2D eigenvalue weighted by molar-refractivity contribution is 7.46. The molecule has 1 aromatic heterocycles. The molecule has 1 spiro atoms. The van der Waals surface area contributed by atoms with Gasteiger partial charge in [0.05, 0.1) is 49.3 Å². The van der Waals surface area contributed by atoms with Crippen molar-refractivity contribution in [3.8, 4) is 0 Å². The van der Waals surface area contributed by atoms with Gasteiger partial charge in [-0.2, -0.15) is 0 Å². The maximum absolute atomic E-state index is 13.0. The van der Waals surface area contributed by atoms with Gasteiger partial charge >= 0.3 is 7.82 Å². The van der Waals surface area contributed by atoms with Crippen molar-refractivity contribution in [2.24, 2.45) is 28.9 Å². The monoisotopic (exact) mass is 1230 g/mol. The van der Waals surface area contributed by atoms with Crippen LogP contribution < -0.4 is 11.1 Å². The average molecular weight is 1230 g/mol. The van der Waals surface area contributed by atoms with Crippen LogP contribution in [0.4, 0.5) is 0 Å². The summed E-state index contributed by atoms with van der Waals surface area (Å²) in [6.07, 6.45) is 0.312. The number of oxazole rings is 1. The number of aliphatic hydroxyl groups is 4. The maximum atomic E-state index is 13.0. The standard InChI is InChI=1S/C60H101N4O20P/c1-32(25-47(61)66)21-19-22-33(2)34(3)26-35(4)48(67)38(7)43(65)28-45(75-15)52-55(84-85(71,72)73)59(10,11)60(83-52)29-46(81-58-54(78-18)53(77-17)51(76-16)40(9)80-58)39(8)44(82-60)24-20-23-41-30-79-57(63-41)36(5)27-37(6)62-56(70)50(69)49(68)42(31-74-14)64(12)13/h19-23,25-26,30,35-40,42-46,48-55,58,65,67-69H,24,27-29,31H2,1-18H3,(H2,61,66)(H,62,70)(H2,71,72,73)/b21-19+,23-20+,32-25+,33-22-,34-26+/t35-,36+,37-,38+,39-,40+,42+,43+,44+,45+,46+,48-,49+,50+,51+,52-,53-,54-,55+,58+,60-/m1/s1. The van der Waals surface area contributed by atoms with E-state index in [9.17, 15) is 44.4 Å². The van der Waals surface area contributed by atoms with Crippen molar-refractivity contribution < 1.29 is 95.9 Å². The first-order chi connectivity index (χ1) is 39.7. The van der Waals surface area contributed by atoms with Gasteiger partial charge in [0.2, 0.25) is 5.91 Å². The van der Waals surface area contributed by atoms with E-state index in [0.717, 1.165) is 11.1 Å². The summed E-state index contributed by atoms with van der Waals surface area (Å²) in [7, 11) is 5.66. The van der Waals surface area contributed by atoms with Crippen LogP contribution in [0.5, 0.6) is 0 Å². The number of hydrogen-bond acceptors (Lipinski definition) is 20. The first kappa shape index (κ1) is 73.9. The molecule has 24 nitrogen and oxygen atoms in total. The zero-order chi connectivity index (χ0) is 64.1. The van der Waals surface area contributed by atoms with Gasteiger partial charge in [-0.3, -0.25) is 14.1 Å². The highest BCUT2D eigenvalue weighted by atomic mass is 31.2. The van der Waals surface area contributed by atoms with Crippen molar-refractivity contribution >= 4 is 25.7 Å². The first-order valence-corrected chi connectivity index (χ1v) is 30.6. The SMILES string of the molecule is COC[C@@H]([C@H](O)[C@H](O)C(=O)N[C@H](C)C[C@H](C)c1nc(/C=C/C[C@@H]2O[C@]3(C[C@H](O[C@@H]4O[C@@H](C)[C@H](OC)[C@@H](OC)[C@H]4OC)[C@@H]2C)O[C@H]([C@H](C[C@H](O)[C@H](C)[C@H](O)[C@H](C)/C=C(C)/C(C)=C\C=C\C(C)=C\C(N)=O)OC)[C@H](OP(=O)(O)O)C3(C)C)co1)N(C)C. The smallest absolute Gasteiger partial charge is 0.448 e. The summed E-state index contributed by atoms with van der Waals surface area (Å²) in [5.41, 5.74) is 6.83. The van der Waals surface area contributed by atoms with E-state index >= 15 is 0 Å². The van der Waals surface area contributed by atoms with E-state index in [-0.39, 0.29) is 31.8 Å². The lowest BCUT2D eigenvalue weighted by Crippen LogP contribution is -2.62. The van der Waals surface area contributed by atoms with Crippen LogP contribution in [-0.4, -0.2) is 212 Å². The van der Waals surface area contributed by atoms with E-state index in [0.29, 0.717) is 23.6 Å². The Bertz CT molecular complexity index is 2480. The summed E-state index contributed by atoms with van der Waals surface area (Å²) in [5, 5.41) is 47.9. The minimum atomic E-state index is -5.26. The van der Waals surface area contributed by atoms with Crippen LogP contribution in [-0.2, 0) is 61.3 Å². The summed E-state index contributed by atoms with van der Waals surface area (Å²) in [5.74, 6) is -4.45. The van der Waals surface area contributed by atoms with Gasteiger partial charge in [0.15, 0.2) is 24.1 Å². The molecule has 0 unspecified atom stereocenters. The van der Waals surface area contributed by atoms with Crippen molar-refractivity contribution in [2.45, 2.75) is 211 Å². The topological polar surface area (TPSA) is 332 Å². The van der Waals surface area contributed by atoms with Gasteiger partial charge in [-0.1, -0.05) is 77.5 Å². The number of allylic oxidation sites excluding steroid dienone is 6. The van der Waals surface area contributed by atoms with Crippen LogP contribution in [0.3, 0.4) is 0 Å². The van der Waals surface area contributed by atoms with Crippen LogP contribution in [0.2, 0.25) is 0 Å². The van der Waals surface area contributed by atoms with Gasteiger partial charge in [-0.05, 0) is 78.8 Å². The largest absolute Gasteiger partial charge is 0.469 e. The van der Waals surface area contributed by atoms with E-state index in [1.54, 1.807) is 86.1 Å². The third kappa shape index (κ3) is 19.4. The molecular weight excluding hydrogens is 1130 g/mol. The fourth-order valence-electron chi connectivity index (χ4n) is 11.7. The molecule has 3 aliphatic heterocycles. The molecule has 486 valence electrons. The number of nitrogens with two attached hydrogens (primary N) is 1. The molecule has 4 heterocycles. The summed E-state index contributed by atoms with van der Waals surface area (Å²) in [6.45, 7) is 20.1. The first-order valence-electron chi connectivity index (χ1n) is 29.0. The van der Waals surface area contributed by atoms with Gasteiger partial charge in [0.25, 0.3) is 5.91 Å². The Balaban J connectivity index is 1.65. The van der Waals surface area contributed by atoms with Gasteiger partial charge < -0.3 is 93.2 Å². The van der Waals surface area contributed by atoms with Crippen molar-refractivity contribution in [3.63, 3.8) is 0 Å². The third-order valence-electron chi connectivity index (χ3n) is 17.1. The number of nitrogens with zero attached hydrogens (tertiary/aromatic N) is 2. The number of nitrogens with one attached hydrogen (secondary N) is 1. The van der Waals surface area contributed by atoms with Crippen LogP contribution in [0, 0.1) is 23.2 Å². The lowest BCUT2D eigenvalue weighted by molar-refractivity contribution is -0.366. The summed E-state index contributed by atoms with van der Waals surface area (Å²) in [6, 6.07) is -1.06. The number of ether oxygens (including phenoxy) is 9. The molecule has 0 radical (unpaired) electrons. The molecule has 25 heteroatoms. The lowest BCUT2D eigenvalue weighted by atomic mass is 9.72. The zero-order valence-electron chi connectivity index (χ0n) is 53.0. The van der Waals surface area contributed by atoms with Crippen molar-refractivity contribution in [2.75, 3.05) is 56.3 Å². The Hall–Kier alpha value is -3.60. The predicted octanol–water partition coefficient (Wildman–Crippen LogP) is 4.85. The zero-order valence-corrected chi connectivity index (χ0v) is 53.9. The Morgan fingerprint density at radius 1 is 0.929 bits per heavy atom. The number of aliphatic hydroxyl groups excluding tert-OH is 4. The molecule has 3 aliphatic rings. The number of rotatable bonds is 32. The second-order valence-electron chi connectivity index (χ2n) is 24.1. The highest BCUT2D eigenvalue weighted by Gasteiger charge is 2.68. The third-order valence-corrected chi connectivity index (χ3v) is 17.6. The second kappa shape index (κ2) is 32.8. The minimum Gasteiger partial charge on any atom is -0.448 e. The molecule has 0 aliphatic carbocycles. The van der Waals surface area contributed by atoms with Crippen LogP contribution in [0.25, 0.3) is 6.08 Å². The quantitative estimate of drug-likeness (QED) is 0.0271. The van der Waals surface area contributed by atoms with E-state index in [2.05, 4.69) is 5.32 Å². The molecule has 3 saturated heterocycles. The molecule has 0 aromatic carbocycles. The number of hydrogen-bond donors (Lipinski definition) is 8. The molecule has 2 amide bonds. The Morgan fingerprint density at radius 2 is 1.58 bits per heavy atom. The van der Waals surface area contributed by atoms with Crippen molar-refractivity contribution in [3.05, 3.63) is 71.0 Å². The number of phosphoric ester groups is 1. The Kier molecular flexibility index (Phi) is 28.5. The van der Waals surface area contributed by atoms with E-state index < -0.39 is 146 Å². The van der Waals surface area contributed by atoms with Crippen molar-refractivity contribution in [1.82, 2.24) is 15.2 Å². The number of phosphoric acid groups is 1. The molecule has 9 N–H and O–H groups in total. The molecule has 4 rings (SSSR count). The van der Waals surface area contributed by atoms with Crippen LogP contribution in [0.15, 0.2) is 63.9 Å². The van der Waals surface area contributed by atoms with E-state index in [4.69, 9.17) is 62.3 Å². The average Bonchev–Trinajstić information content (AvgIpc) is 1.76. The van der Waals surface area contributed by atoms with E-state index in [1.165, 1.54) is 33.7 Å². The van der Waals surface area contributed by atoms with Crippen LogP contribution in [0.1, 0.15) is 119 Å². The molecule has 21 atom stereocenters. The number of primary amides is 1. The number of methoxy groups -OCH3 is 5. The van der Waals surface area contributed by atoms with Gasteiger partial charge in [-0.25, -0.2) is 9.55 Å². The van der Waals surface area contributed by atoms with Gasteiger partial charge in [0, 0.05) is 89.6 Å². The molecule has 0 saturated carbocycles. The second-order valence-corrected chi connectivity index (χ2v) is 25.3. The maximum Gasteiger partial charge on any atom is 0.469 e. The summed E-state index contributed by atoms with van der Waals surface area (Å²) < 4.78 is 81.1. The highest BCUT2D eigenvalue weighted by Crippen LogP contribution is 2.59. The number of carbonyl (C=O) groups excluding carboxylic acids is 2. The van der Waals surface area contributed by atoms with Crippen molar-refractivity contribution in [1.29, 1.82) is 0 Å². The predicted molar refractivity (Wildman–Crippen MR) is 316 cm³/mol. The summed E-state index contributed by atoms with van der Waals surface area (Å²) in [4.78, 5) is 51.7. The van der Waals surface area contributed by atoms with Crippen LogP contribution >= 0.6 is 7.82 Å². The summed E-state index contributed by atoms with van der Waals surface area (Å²) >= 11 is 0. The number of aromatic nitrogens is 1. The molecule has 0 bridgehead atoms. The number of carbonyl (C=O) groups is 2. The van der Waals surface area contributed by atoms with Gasteiger partial charge in [-0.15, -0.1) is 0 Å². The Morgan fingerprint density at radius 3 is 2.15 bits per heavy atom. The Labute approximate surface area is 502 Å². The molecule has 1 aromatic rings. The number of likely N-dealkylation sites (N-methyl/N-ethyl adjacent to an activating group) is 1. The molecule has 85 heavy (non-hydrogen) atoms. The lowest BCUT2D eigenvalue weighted by Gasteiger charge is -2.52. The van der Waals surface area contributed by atoms with E-state index in [1.807, 2.05) is 59.8 Å². The van der Waals surface area contributed by atoms with Gasteiger partial charge in [0.1, 0.15) is 48.6 Å². The normalized spacial score (nSPS) is 30.8. The number of amides is 2. The fraction of sp³-hybridized carbons (Fsp3) is 0.750. The molecule has 3 fully saturated rings. The molecular formula is C60H101N4O20P.